The topological polar surface area (TPSA) is 48.4 Å². The fourth-order valence-corrected chi connectivity index (χ4v) is 3.51. The van der Waals surface area contributed by atoms with Crippen molar-refractivity contribution in [1.82, 2.24) is 0 Å². The van der Waals surface area contributed by atoms with E-state index in [0.717, 1.165) is 42.0 Å². The number of benzene rings is 3. The lowest BCUT2D eigenvalue weighted by atomic mass is 10.0. The van der Waals surface area contributed by atoms with Gasteiger partial charge < -0.3 is 15.0 Å². The average Bonchev–Trinajstić information content (AvgIpc) is 3.14. The predicted molar refractivity (Wildman–Crippen MR) is 119 cm³/mol. The van der Waals surface area contributed by atoms with Crippen molar-refractivity contribution in [2.75, 3.05) is 23.9 Å². The lowest BCUT2D eigenvalue weighted by molar-refractivity contribution is 0.309. The second kappa shape index (κ2) is 7.77. The van der Waals surface area contributed by atoms with Crippen molar-refractivity contribution in [2.45, 2.75) is 19.8 Å². The van der Waals surface area contributed by atoms with Crippen LogP contribution >= 0.6 is 0 Å². The molecule has 142 valence electrons. The van der Waals surface area contributed by atoms with E-state index in [4.69, 9.17) is 10.1 Å². The normalized spacial score (nSPS) is 11.6. The SMILES string of the molecule is CCCCOc1ccc(NC(=N)N(C)c2ccc3c4c(cccc24)C=C3)cc1. The second-order valence-electron chi connectivity index (χ2n) is 7.04. The monoisotopic (exact) mass is 371 g/mol. The van der Waals surface area contributed by atoms with Crippen LogP contribution in [0.5, 0.6) is 5.75 Å². The summed E-state index contributed by atoms with van der Waals surface area (Å²) in [5.74, 6) is 1.19. The van der Waals surface area contributed by atoms with Crippen molar-refractivity contribution in [3.8, 4) is 5.75 Å². The minimum Gasteiger partial charge on any atom is -0.494 e. The molecule has 0 bridgehead atoms. The summed E-state index contributed by atoms with van der Waals surface area (Å²) in [6, 6.07) is 18.3. The first-order valence-electron chi connectivity index (χ1n) is 9.73. The van der Waals surface area contributed by atoms with Crippen LogP contribution in [0.25, 0.3) is 22.9 Å². The number of anilines is 2. The molecular formula is C24H25N3O. The van der Waals surface area contributed by atoms with Crippen LogP contribution in [-0.4, -0.2) is 19.6 Å². The van der Waals surface area contributed by atoms with Gasteiger partial charge in [-0.3, -0.25) is 5.41 Å². The van der Waals surface area contributed by atoms with Gasteiger partial charge in [-0.25, -0.2) is 0 Å². The highest BCUT2D eigenvalue weighted by Gasteiger charge is 2.16. The summed E-state index contributed by atoms with van der Waals surface area (Å²) in [5.41, 5.74) is 4.36. The average molecular weight is 371 g/mol. The summed E-state index contributed by atoms with van der Waals surface area (Å²) in [7, 11) is 1.92. The Hall–Kier alpha value is -3.27. The standard InChI is InChI=1S/C24H25N3O/c1-3-4-16-28-20-13-11-19(12-14-20)26-24(25)27(2)22-15-10-18-9-8-17-6-5-7-21(22)23(17)18/h5-15H,3-4,16H2,1-2H3,(H2,25,26). The molecule has 3 aromatic rings. The van der Waals surface area contributed by atoms with Crippen LogP contribution in [-0.2, 0) is 0 Å². The second-order valence-corrected chi connectivity index (χ2v) is 7.04. The third-order valence-corrected chi connectivity index (χ3v) is 5.10. The highest BCUT2D eigenvalue weighted by atomic mass is 16.5. The number of unbranched alkanes of at least 4 members (excludes halogenated alkanes) is 1. The zero-order chi connectivity index (χ0) is 19.5. The molecule has 0 atom stereocenters. The van der Waals surface area contributed by atoms with E-state index >= 15 is 0 Å². The van der Waals surface area contributed by atoms with E-state index in [-0.39, 0.29) is 0 Å². The molecule has 28 heavy (non-hydrogen) atoms. The van der Waals surface area contributed by atoms with E-state index in [1.807, 2.05) is 36.2 Å². The Morgan fingerprint density at radius 1 is 1.00 bits per heavy atom. The van der Waals surface area contributed by atoms with Crippen molar-refractivity contribution >= 4 is 40.3 Å². The van der Waals surface area contributed by atoms with Gasteiger partial charge in [0.05, 0.1) is 12.3 Å². The van der Waals surface area contributed by atoms with Crippen LogP contribution in [0.3, 0.4) is 0 Å². The first-order chi connectivity index (χ1) is 13.7. The largest absolute Gasteiger partial charge is 0.494 e. The first kappa shape index (κ1) is 18.1. The van der Waals surface area contributed by atoms with Crippen LogP contribution in [0.4, 0.5) is 11.4 Å². The minimum atomic E-state index is 0.325. The Balaban J connectivity index is 1.50. The van der Waals surface area contributed by atoms with Crippen molar-refractivity contribution in [3.05, 3.63) is 65.7 Å². The van der Waals surface area contributed by atoms with E-state index in [9.17, 15) is 0 Å². The molecule has 1 aliphatic rings. The number of rotatable bonds is 6. The van der Waals surface area contributed by atoms with Gasteiger partial charge in [-0.1, -0.05) is 49.8 Å². The van der Waals surface area contributed by atoms with Gasteiger partial charge in [-0.05, 0) is 53.3 Å². The van der Waals surface area contributed by atoms with Gasteiger partial charge >= 0.3 is 0 Å². The van der Waals surface area contributed by atoms with Crippen molar-refractivity contribution in [2.24, 2.45) is 0 Å². The van der Waals surface area contributed by atoms with E-state index < -0.39 is 0 Å². The minimum absolute atomic E-state index is 0.325. The predicted octanol–water partition coefficient (Wildman–Crippen LogP) is 5.99. The van der Waals surface area contributed by atoms with E-state index in [2.05, 4.69) is 54.7 Å². The molecule has 3 aromatic carbocycles. The molecule has 0 fully saturated rings. The van der Waals surface area contributed by atoms with Gasteiger partial charge in [-0.2, -0.15) is 0 Å². The highest BCUT2D eigenvalue weighted by Crippen LogP contribution is 2.36. The number of nitrogens with zero attached hydrogens (tertiary/aromatic N) is 1. The molecule has 0 heterocycles. The number of guanidine groups is 1. The van der Waals surface area contributed by atoms with Crippen molar-refractivity contribution < 1.29 is 4.74 Å². The third-order valence-electron chi connectivity index (χ3n) is 5.10. The van der Waals surface area contributed by atoms with Gasteiger partial charge in [0.2, 0.25) is 0 Å². The van der Waals surface area contributed by atoms with Crippen molar-refractivity contribution in [3.63, 3.8) is 0 Å². The molecule has 0 spiro atoms. The summed E-state index contributed by atoms with van der Waals surface area (Å²) in [5, 5.41) is 14.1. The van der Waals surface area contributed by atoms with Gasteiger partial charge in [0, 0.05) is 18.1 Å². The zero-order valence-corrected chi connectivity index (χ0v) is 16.3. The fourth-order valence-electron chi connectivity index (χ4n) is 3.51. The van der Waals surface area contributed by atoms with Gasteiger partial charge in [0.25, 0.3) is 0 Å². The molecule has 2 N–H and O–H groups in total. The van der Waals surface area contributed by atoms with Gasteiger partial charge in [0.1, 0.15) is 5.75 Å². The molecule has 0 aliphatic heterocycles. The molecule has 0 amide bonds. The van der Waals surface area contributed by atoms with E-state index in [1.165, 1.54) is 16.5 Å². The first-order valence-corrected chi connectivity index (χ1v) is 9.73. The molecule has 4 rings (SSSR count). The smallest absolute Gasteiger partial charge is 0.199 e. The molecule has 0 saturated carbocycles. The molecule has 0 saturated heterocycles. The molecule has 1 aliphatic carbocycles. The van der Waals surface area contributed by atoms with Crippen molar-refractivity contribution in [1.29, 1.82) is 5.41 Å². The molecule has 0 unspecified atom stereocenters. The maximum absolute atomic E-state index is 8.53. The Bertz CT molecular complexity index is 1030. The van der Waals surface area contributed by atoms with Gasteiger partial charge in [-0.15, -0.1) is 0 Å². The number of hydrogen-bond donors (Lipinski definition) is 2. The van der Waals surface area contributed by atoms with Crippen LogP contribution in [0, 0.1) is 5.41 Å². The quantitative estimate of drug-likeness (QED) is 0.249. The molecule has 0 aromatic heterocycles. The summed E-state index contributed by atoms with van der Waals surface area (Å²) in [6.45, 7) is 2.89. The number of ether oxygens (including phenoxy) is 1. The highest BCUT2D eigenvalue weighted by molar-refractivity contribution is 6.14. The Kier molecular flexibility index (Phi) is 5.02. The Labute approximate surface area is 166 Å². The number of nitrogens with one attached hydrogen (secondary N) is 2. The summed E-state index contributed by atoms with van der Waals surface area (Å²) >= 11 is 0. The molecular weight excluding hydrogens is 346 g/mol. The van der Waals surface area contributed by atoms with E-state index in [1.54, 1.807) is 0 Å². The Morgan fingerprint density at radius 2 is 1.75 bits per heavy atom. The molecule has 4 heteroatoms. The summed E-state index contributed by atoms with van der Waals surface area (Å²) in [6.07, 6.45) is 6.47. The lowest BCUT2D eigenvalue weighted by Crippen LogP contribution is -2.32. The van der Waals surface area contributed by atoms with E-state index in [0.29, 0.717) is 5.96 Å². The van der Waals surface area contributed by atoms with Crippen LogP contribution in [0.2, 0.25) is 0 Å². The molecule has 0 radical (unpaired) electrons. The van der Waals surface area contributed by atoms with Crippen LogP contribution in [0.15, 0.2) is 54.6 Å². The van der Waals surface area contributed by atoms with Gasteiger partial charge in [0.15, 0.2) is 5.96 Å². The Morgan fingerprint density at radius 3 is 2.50 bits per heavy atom. The fraction of sp³-hybridized carbons (Fsp3) is 0.208. The third kappa shape index (κ3) is 3.46. The lowest BCUT2D eigenvalue weighted by Gasteiger charge is -2.23. The number of hydrogen-bond acceptors (Lipinski definition) is 2. The summed E-state index contributed by atoms with van der Waals surface area (Å²) < 4.78 is 5.70. The van der Waals surface area contributed by atoms with Crippen LogP contribution < -0.4 is 15.0 Å². The molecule has 4 nitrogen and oxygen atoms in total. The maximum atomic E-state index is 8.53. The zero-order valence-electron chi connectivity index (χ0n) is 16.3. The maximum Gasteiger partial charge on any atom is 0.199 e. The summed E-state index contributed by atoms with van der Waals surface area (Å²) in [4.78, 5) is 1.88. The van der Waals surface area contributed by atoms with Crippen LogP contribution in [0.1, 0.15) is 30.9 Å².